The van der Waals surface area contributed by atoms with E-state index in [9.17, 15) is 24.3 Å². The molecule has 2 aliphatic rings. The number of methoxy groups -OCH3 is 1. The molecule has 2 heterocycles. The van der Waals surface area contributed by atoms with Crippen LogP contribution in [0.4, 0.5) is 0 Å². The summed E-state index contributed by atoms with van der Waals surface area (Å²) in [4.78, 5) is 52.6. The number of amides is 2. The fourth-order valence-electron chi connectivity index (χ4n) is 3.83. The highest BCUT2D eigenvalue weighted by Gasteiger charge is 2.55. The van der Waals surface area contributed by atoms with Crippen molar-refractivity contribution in [1.82, 2.24) is 10.2 Å². The largest absolute Gasteiger partial charge is 0.464 e. The maximum Gasteiger partial charge on any atom is 0.360 e. The molecule has 1 fully saturated rings. The van der Waals surface area contributed by atoms with Gasteiger partial charge in [0.1, 0.15) is 5.03 Å². The van der Waals surface area contributed by atoms with Crippen LogP contribution in [-0.2, 0) is 28.5 Å². The highest BCUT2D eigenvalue weighted by atomic mass is 32.2. The quantitative estimate of drug-likeness (QED) is 0.215. The van der Waals surface area contributed by atoms with Crippen LogP contribution >= 0.6 is 11.8 Å². The normalized spacial score (nSPS) is 23.1. The lowest BCUT2D eigenvalue weighted by Crippen LogP contribution is -2.64. The number of hydrogen-bond donors (Lipinski definition) is 2. The van der Waals surface area contributed by atoms with Crippen molar-refractivity contribution >= 4 is 35.5 Å². The molecule has 1 aromatic carbocycles. The molecule has 0 saturated carbocycles. The lowest BCUT2D eigenvalue weighted by molar-refractivity contribution is -0.220. The number of thioether (sulfide) groups is 1. The summed E-state index contributed by atoms with van der Waals surface area (Å²) in [6.07, 6.45) is -0.984. The van der Waals surface area contributed by atoms with Gasteiger partial charge in [-0.3, -0.25) is 9.59 Å². The number of fused-ring (bicyclic) bond motifs is 1. The van der Waals surface area contributed by atoms with Crippen LogP contribution in [0.15, 0.2) is 35.0 Å². The van der Waals surface area contributed by atoms with Crippen LogP contribution in [0.25, 0.3) is 0 Å². The highest BCUT2D eigenvalue weighted by molar-refractivity contribution is 8.03. The molecule has 0 aromatic heterocycles. The molecule has 2 aliphatic heterocycles. The number of imide groups is 1. The number of rotatable bonds is 9. The topological polar surface area (TPSA) is 141 Å². The van der Waals surface area contributed by atoms with Crippen LogP contribution in [0.2, 0.25) is 0 Å². The molecule has 0 aliphatic carbocycles. The predicted molar refractivity (Wildman–Crippen MR) is 124 cm³/mol. The molecule has 2 amide bonds. The van der Waals surface area contributed by atoms with E-state index in [2.05, 4.69) is 5.32 Å². The monoisotopic (exact) mass is 508 g/mol. The van der Waals surface area contributed by atoms with E-state index in [1.807, 2.05) is 0 Å². The smallest absolute Gasteiger partial charge is 0.360 e. The van der Waals surface area contributed by atoms with Crippen molar-refractivity contribution < 1.29 is 43.2 Å². The van der Waals surface area contributed by atoms with Crippen LogP contribution in [0.1, 0.15) is 41.5 Å². The Morgan fingerprint density at radius 2 is 1.69 bits per heavy atom. The van der Waals surface area contributed by atoms with E-state index >= 15 is 0 Å². The fourth-order valence-corrected chi connectivity index (χ4v) is 5.11. The van der Waals surface area contributed by atoms with Gasteiger partial charge in [-0.05, 0) is 32.9 Å². The molecule has 2 N–H and O–H groups in total. The minimum absolute atomic E-state index is 0.0198. The first-order chi connectivity index (χ1) is 16.7. The second-order valence-corrected chi connectivity index (χ2v) is 8.50. The summed E-state index contributed by atoms with van der Waals surface area (Å²) >= 11 is 1.00. The van der Waals surface area contributed by atoms with Crippen molar-refractivity contribution in [2.24, 2.45) is 5.92 Å². The molecule has 2 atom stereocenters. The number of nitrogens with one attached hydrogen (secondary N) is 1. The van der Waals surface area contributed by atoms with Crippen LogP contribution in [0.5, 0.6) is 0 Å². The maximum atomic E-state index is 13.1. The molecule has 1 aromatic rings. The third-order valence-corrected chi connectivity index (χ3v) is 6.55. The first-order valence-corrected chi connectivity index (χ1v) is 12.1. The van der Waals surface area contributed by atoms with Crippen molar-refractivity contribution in [2.75, 3.05) is 32.7 Å². The summed E-state index contributed by atoms with van der Waals surface area (Å²) in [6.45, 7) is 5.51. The summed E-state index contributed by atoms with van der Waals surface area (Å²) in [5.74, 6) is -4.44. The van der Waals surface area contributed by atoms with E-state index in [0.717, 1.165) is 18.9 Å². The van der Waals surface area contributed by atoms with Crippen molar-refractivity contribution in [3.63, 3.8) is 0 Å². The molecular formula is C23H28N2O9S. The predicted octanol–water partition coefficient (Wildman–Crippen LogP) is 1.23. The van der Waals surface area contributed by atoms with Crippen molar-refractivity contribution in [2.45, 2.75) is 32.8 Å². The van der Waals surface area contributed by atoms with Gasteiger partial charge in [-0.15, -0.1) is 11.8 Å². The van der Waals surface area contributed by atoms with Crippen molar-refractivity contribution in [1.29, 1.82) is 0 Å². The van der Waals surface area contributed by atoms with E-state index in [1.54, 1.807) is 32.9 Å². The molecule has 2 unspecified atom stereocenters. The SMILES string of the molecule is CCOC(=O)C1(O)N/C(=C(\C(=O)OC)N2C(=O)c3ccccc3C2=O)SCC1C(OCC)OCC. The standard InChI is InChI=1S/C23H28N2O9S/c1-5-32-21(33-6-2)15-12-35-17(24-23(15,30)22(29)34-7-3)16(20(28)31-4)25-18(26)13-10-8-9-11-14(13)19(25)27/h8-11,15,21,24,30H,5-7,12H2,1-4H3/b17-16-. The van der Waals surface area contributed by atoms with Gasteiger partial charge in [-0.2, -0.15) is 0 Å². The Hall–Kier alpha value is -2.93. The number of benzene rings is 1. The van der Waals surface area contributed by atoms with Gasteiger partial charge in [-0.25, -0.2) is 14.5 Å². The molecule has 3 rings (SSSR count). The Balaban J connectivity index is 2.10. The molecule has 1 saturated heterocycles. The van der Waals surface area contributed by atoms with E-state index < -0.39 is 47.4 Å². The van der Waals surface area contributed by atoms with Gasteiger partial charge in [0.2, 0.25) is 5.72 Å². The summed E-state index contributed by atoms with van der Waals surface area (Å²) in [5.41, 5.74) is -2.61. The Kier molecular flexibility index (Phi) is 8.54. The number of ether oxygens (including phenoxy) is 4. The van der Waals surface area contributed by atoms with E-state index in [1.165, 1.54) is 12.1 Å². The number of carbonyl (C=O) groups excluding carboxylic acids is 4. The third-order valence-electron chi connectivity index (χ3n) is 5.44. The Morgan fingerprint density at radius 1 is 1.11 bits per heavy atom. The average molecular weight is 509 g/mol. The number of esters is 2. The highest BCUT2D eigenvalue weighted by Crippen LogP contribution is 2.39. The van der Waals surface area contributed by atoms with E-state index in [4.69, 9.17) is 18.9 Å². The van der Waals surface area contributed by atoms with Gasteiger partial charge in [0.15, 0.2) is 12.0 Å². The van der Waals surface area contributed by atoms with Crippen LogP contribution in [0, 0.1) is 5.92 Å². The second kappa shape index (κ2) is 11.2. The number of carbonyl (C=O) groups is 4. The van der Waals surface area contributed by atoms with Gasteiger partial charge < -0.3 is 29.4 Å². The second-order valence-electron chi connectivity index (χ2n) is 7.47. The summed E-state index contributed by atoms with van der Waals surface area (Å²) in [6, 6.07) is 6.13. The van der Waals surface area contributed by atoms with Crippen LogP contribution < -0.4 is 5.32 Å². The maximum absolute atomic E-state index is 13.1. The zero-order valence-corrected chi connectivity index (χ0v) is 20.7. The lowest BCUT2D eigenvalue weighted by atomic mass is 9.95. The molecule has 12 heteroatoms. The Morgan fingerprint density at radius 3 is 2.17 bits per heavy atom. The zero-order chi connectivity index (χ0) is 25.8. The van der Waals surface area contributed by atoms with Crippen molar-refractivity contribution in [3.8, 4) is 0 Å². The van der Waals surface area contributed by atoms with Gasteiger partial charge in [-0.1, -0.05) is 12.1 Å². The zero-order valence-electron chi connectivity index (χ0n) is 19.9. The first kappa shape index (κ1) is 26.7. The lowest BCUT2D eigenvalue weighted by Gasteiger charge is -2.43. The molecular weight excluding hydrogens is 480 g/mol. The van der Waals surface area contributed by atoms with Gasteiger partial charge in [0, 0.05) is 19.0 Å². The summed E-state index contributed by atoms with van der Waals surface area (Å²) in [5, 5.41) is 14.1. The van der Waals surface area contributed by atoms with Crippen LogP contribution in [-0.4, -0.2) is 78.5 Å². The number of nitrogens with zero attached hydrogens (tertiary/aromatic N) is 1. The van der Waals surface area contributed by atoms with Crippen molar-refractivity contribution in [3.05, 3.63) is 46.1 Å². The first-order valence-electron chi connectivity index (χ1n) is 11.1. The van der Waals surface area contributed by atoms with Gasteiger partial charge in [0.05, 0.1) is 30.8 Å². The average Bonchev–Trinajstić information content (AvgIpc) is 3.09. The minimum Gasteiger partial charge on any atom is -0.464 e. The third kappa shape index (κ3) is 4.92. The molecule has 35 heavy (non-hydrogen) atoms. The van der Waals surface area contributed by atoms with Crippen LogP contribution in [0.3, 0.4) is 0 Å². The fraction of sp³-hybridized carbons (Fsp3) is 0.478. The Labute approximate surface area is 206 Å². The molecule has 190 valence electrons. The van der Waals surface area contributed by atoms with E-state index in [0.29, 0.717) is 4.90 Å². The number of hydrogen-bond acceptors (Lipinski definition) is 11. The minimum atomic E-state index is -2.40. The van der Waals surface area contributed by atoms with E-state index in [-0.39, 0.29) is 41.7 Å². The molecule has 0 radical (unpaired) electrons. The molecule has 0 bridgehead atoms. The number of aliphatic hydroxyl groups is 1. The summed E-state index contributed by atoms with van der Waals surface area (Å²) in [7, 11) is 1.09. The molecule has 0 spiro atoms. The van der Waals surface area contributed by atoms with Gasteiger partial charge >= 0.3 is 11.9 Å². The Bertz CT molecular complexity index is 1000. The molecule has 11 nitrogen and oxygen atoms in total. The summed E-state index contributed by atoms with van der Waals surface area (Å²) < 4.78 is 21.2. The van der Waals surface area contributed by atoms with Gasteiger partial charge in [0.25, 0.3) is 11.8 Å².